The summed E-state index contributed by atoms with van der Waals surface area (Å²) in [5.74, 6) is 0.806. The molecule has 1 atom stereocenters. The Labute approximate surface area is 124 Å². The van der Waals surface area contributed by atoms with E-state index in [0.717, 1.165) is 22.1 Å². The first kappa shape index (κ1) is 13.2. The number of nitrogens with zero attached hydrogens (tertiary/aromatic N) is 1. The van der Waals surface area contributed by atoms with Crippen LogP contribution in [-0.2, 0) is 0 Å². The molecule has 0 spiro atoms. The molecule has 0 N–H and O–H groups in total. The molecule has 0 heterocycles. The number of benzene rings is 3. The second-order valence-corrected chi connectivity index (χ2v) is 4.94. The van der Waals surface area contributed by atoms with E-state index in [0.29, 0.717) is 5.56 Å². The van der Waals surface area contributed by atoms with Gasteiger partial charge in [-0.25, -0.2) is 0 Å². The highest BCUT2D eigenvalue weighted by Gasteiger charge is 2.11. The van der Waals surface area contributed by atoms with Gasteiger partial charge in [0.05, 0.1) is 11.6 Å². The lowest BCUT2D eigenvalue weighted by molar-refractivity contribution is 0.230. The average Bonchev–Trinajstić information content (AvgIpc) is 2.56. The van der Waals surface area contributed by atoms with Gasteiger partial charge in [0.15, 0.2) is 0 Å². The van der Waals surface area contributed by atoms with Crippen molar-refractivity contribution < 1.29 is 4.74 Å². The molecule has 3 aromatic rings. The van der Waals surface area contributed by atoms with Gasteiger partial charge in [-0.3, -0.25) is 0 Å². The summed E-state index contributed by atoms with van der Waals surface area (Å²) in [6.07, 6.45) is -0.0393. The fourth-order valence-corrected chi connectivity index (χ4v) is 2.45. The minimum Gasteiger partial charge on any atom is -0.485 e. The first-order chi connectivity index (χ1) is 10.3. The number of hydrogen-bond donors (Lipinski definition) is 0. The summed E-state index contributed by atoms with van der Waals surface area (Å²) >= 11 is 0. The summed E-state index contributed by atoms with van der Waals surface area (Å²) in [6, 6.07) is 23.9. The maximum absolute atomic E-state index is 9.20. The van der Waals surface area contributed by atoms with Crippen LogP contribution in [-0.4, -0.2) is 0 Å². The Hall–Kier alpha value is -2.79. The van der Waals surface area contributed by atoms with E-state index in [9.17, 15) is 5.26 Å². The van der Waals surface area contributed by atoms with Gasteiger partial charge in [-0.15, -0.1) is 0 Å². The van der Waals surface area contributed by atoms with Gasteiger partial charge in [0.1, 0.15) is 11.9 Å². The van der Waals surface area contributed by atoms with E-state index in [-0.39, 0.29) is 6.10 Å². The highest BCUT2D eigenvalue weighted by molar-refractivity contribution is 5.92. The standard InChI is InChI=1S/C19H15NO/c1-14(15-7-3-2-4-8-15)21-19-12-11-16(13-20)17-9-5-6-10-18(17)19/h2-12,14H,1H3. The van der Waals surface area contributed by atoms with E-state index in [1.165, 1.54) is 0 Å². The second-order valence-electron chi connectivity index (χ2n) is 4.94. The molecular formula is C19H15NO. The molecule has 0 radical (unpaired) electrons. The van der Waals surface area contributed by atoms with Crippen LogP contribution in [0.1, 0.15) is 24.2 Å². The minimum atomic E-state index is -0.0393. The van der Waals surface area contributed by atoms with Gasteiger partial charge in [0, 0.05) is 10.8 Å². The quantitative estimate of drug-likeness (QED) is 0.683. The van der Waals surface area contributed by atoms with Crippen molar-refractivity contribution in [3.05, 3.63) is 77.9 Å². The van der Waals surface area contributed by atoms with E-state index in [2.05, 4.69) is 18.2 Å². The SMILES string of the molecule is CC(Oc1ccc(C#N)c2ccccc12)c1ccccc1. The van der Waals surface area contributed by atoms with Crippen LogP contribution in [0.2, 0.25) is 0 Å². The predicted molar refractivity (Wildman–Crippen MR) is 84.1 cm³/mol. The first-order valence-electron chi connectivity index (χ1n) is 6.93. The molecule has 3 rings (SSSR count). The lowest BCUT2D eigenvalue weighted by Crippen LogP contribution is -2.03. The third-order valence-electron chi connectivity index (χ3n) is 3.58. The molecule has 0 saturated heterocycles. The Bertz CT molecular complexity index is 803. The van der Waals surface area contributed by atoms with Crippen molar-refractivity contribution in [2.45, 2.75) is 13.0 Å². The Morgan fingerprint density at radius 1 is 0.857 bits per heavy atom. The molecule has 3 aromatic carbocycles. The Morgan fingerprint density at radius 3 is 2.24 bits per heavy atom. The summed E-state index contributed by atoms with van der Waals surface area (Å²) < 4.78 is 6.10. The third-order valence-corrected chi connectivity index (χ3v) is 3.58. The highest BCUT2D eigenvalue weighted by Crippen LogP contribution is 2.31. The van der Waals surface area contributed by atoms with Crippen molar-refractivity contribution in [1.29, 1.82) is 5.26 Å². The van der Waals surface area contributed by atoms with Gasteiger partial charge >= 0.3 is 0 Å². The molecule has 0 fully saturated rings. The summed E-state index contributed by atoms with van der Waals surface area (Å²) in [5.41, 5.74) is 1.80. The third kappa shape index (κ3) is 2.59. The molecule has 2 nitrogen and oxygen atoms in total. The first-order valence-corrected chi connectivity index (χ1v) is 6.93. The molecule has 0 aliphatic carbocycles. The smallest absolute Gasteiger partial charge is 0.128 e. The monoisotopic (exact) mass is 273 g/mol. The minimum absolute atomic E-state index is 0.0393. The largest absolute Gasteiger partial charge is 0.485 e. The number of rotatable bonds is 3. The molecule has 2 heteroatoms. The second kappa shape index (κ2) is 5.68. The van der Waals surface area contributed by atoms with E-state index in [1.807, 2.05) is 61.5 Å². The fourth-order valence-electron chi connectivity index (χ4n) is 2.45. The maximum atomic E-state index is 9.20. The molecule has 0 saturated carbocycles. The van der Waals surface area contributed by atoms with Crippen molar-refractivity contribution in [3.8, 4) is 11.8 Å². The van der Waals surface area contributed by atoms with E-state index >= 15 is 0 Å². The van der Waals surface area contributed by atoms with E-state index in [1.54, 1.807) is 0 Å². The van der Waals surface area contributed by atoms with Gasteiger partial charge in [0.2, 0.25) is 0 Å². The number of hydrogen-bond acceptors (Lipinski definition) is 2. The van der Waals surface area contributed by atoms with Gasteiger partial charge in [-0.05, 0) is 24.6 Å². The van der Waals surface area contributed by atoms with Gasteiger partial charge in [-0.1, -0.05) is 54.6 Å². The topological polar surface area (TPSA) is 33.0 Å². The number of nitriles is 1. The molecule has 21 heavy (non-hydrogen) atoms. The molecule has 0 aliphatic heterocycles. The van der Waals surface area contributed by atoms with Crippen molar-refractivity contribution in [2.24, 2.45) is 0 Å². The molecule has 0 aromatic heterocycles. The summed E-state index contributed by atoms with van der Waals surface area (Å²) in [4.78, 5) is 0. The van der Waals surface area contributed by atoms with Crippen molar-refractivity contribution in [3.63, 3.8) is 0 Å². The Balaban J connectivity index is 2.01. The molecular weight excluding hydrogens is 258 g/mol. The Kier molecular flexibility index (Phi) is 3.57. The molecule has 0 bridgehead atoms. The van der Waals surface area contributed by atoms with Crippen molar-refractivity contribution >= 4 is 10.8 Å². The molecule has 102 valence electrons. The summed E-state index contributed by atoms with van der Waals surface area (Å²) in [7, 11) is 0. The lowest BCUT2D eigenvalue weighted by atomic mass is 10.0. The van der Waals surface area contributed by atoms with Crippen LogP contribution in [0.3, 0.4) is 0 Å². The number of ether oxygens (including phenoxy) is 1. The van der Waals surface area contributed by atoms with Gasteiger partial charge in [0.25, 0.3) is 0 Å². The zero-order chi connectivity index (χ0) is 14.7. The van der Waals surface area contributed by atoms with Crippen molar-refractivity contribution in [2.75, 3.05) is 0 Å². The zero-order valence-electron chi connectivity index (χ0n) is 11.8. The van der Waals surface area contributed by atoms with E-state index in [4.69, 9.17) is 4.74 Å². The van der Waals surface area contributed by atoms with Crippen LogP contribution in [0.4, 0.5) is 0 Å². The van der Waals surface area contributed by atoms with Crippen LogP contribution < -0.4 is 4.74 Å². The fraction of sp³-hybridized carbons (Fsp3) is 0.105. The molecule has 0 amide bonds. The predicted octanol–water partition coefficient (Wildman–Crippen LogP) is 4.85. The van der Waals surface area contributed by atoms with E-state index < -0.39 is 0 Å². The number of fused-ring (bicyclic) bond motifs is 1. The van der Waals surface area contributed by atoms with Crippen LogP contribution in [0, 0.1) is 11.3 Å². The van der Waals surface area contributed by atoms with Crippen LogP contribution in [0.15, 0.2) is 66.7 Å². The Morgan fingerprint density at radius 2 is 1.52 bits per heavy atom. The van der Waals surface area contributed by atoms with Gasteiger partial charge in [-0.2, -0.15) is 5.26 Å². The van der Waals surface area contributed by atoms with Crippen LogP contribution in [0.25, 0.3) is 10.8 Å². The zero-order valence-corrected chi connectivity index (χ0v) is 11.8. The molecule has 0 aliphatic rings. The maximum Gasteiger partial charge on any atom is 0.128 e. The highest BCUT2D eigenvalue weighted by atomic mass is 16.5. The van der Waals surface area contributed by atoms with Crippen LogP contribution in [0.5, 0.6) is 5.75 Å². The normalized spacial score (nSPS) is 11.8. The molecule has 1 unspecified atom stereocenters. The summed E-state index contributed by atoms with van der Waals surface area (Å²) in [6.45, 7) is 2.03. The van der Waals surface area contributed by atoms with Gasteiger partial charge < -0.3 is 4.74 Å². The summed E-state index contributed by atoms with van der Waals surface area (Å²) in [5, 5.41) is 11.1. The lowest BCUT2D eigenvalue weighted by Gasteiger charge is -2.17. The van der Waals surface area contributed by atoms with Crippen LogP contribution >= 0.6 is 0 Å². The van der Waals surface area contributed by atoms with Crippen molar-refractivity contribution in [1.82, 2.24) is 0 Å². The average molecular weight is 273 g/mol.